The van der Waals surface area contributed by atoms with Gasteiger partial charge in [0.05, 0.1) is 25.0 Å². The van der Waals surface area contributed by atoms with E-state index < -0.39 is 11.4 Å². The Morgan fingerprint density at radius 1 is 0.941 bits per heavy atom. The van der Waals surface area contributed by atoms with Crippen molar-refractivity contribution in [3.8, 4) is 11.5 Å². The Morgan fingerprint density at radius 2 is 1.59 bits per heavy atom. The van der Waals surface area contributed by atoms with Crippen LogP contribution in [0.5, 0.6) is 11.5 Å². The van der Waals surface area contributed by atoms with Gasteiger partial charge in [0, 0.05) is 5.56 Å². The van der Waals surface area contributed by atoms with Gasteiger partial charge in [-0.1, -0.05) is 59.8 Å². The van der Waals surface area contributed by atoms with Crippen LogP contribution in [0.2, 0.25) is 0 Å². The summed E-state index contributed by atoms with van der Waals surface area (Å²) in [6.07, 6.45) is 0.0613. The van der Waals surface area contributed by atoms with Crippen molar-refractivity contribution in [3.63, 3.8) is 0 Å². The molecule has 0 bridgehead atoms. The van der Waals surface area contributed by atoms with Crippen LogP contribution in [0.3, 0.4) is 0 Å². The summed E-state index contributed by atoms with van der Waals surface area (Å²) in [4.78, 5) is 16.2. The van der Waals surface area contributed by atoms with Gasteiger partial charge in [0.15, 0.2) is 0 Å². The van der Waals surface area contributed by atoms with E-state index in [2.05, 4.69) is 5.16 Å². The second-order valence-corrected chi connectivity index (χ2v) is 8.18. The minimum absolute atomic E-state index is 0.0613. The molecular formula is C27H27NO6. The van der Waals surface area contributed by atoms with Crippen molar-refractivity contribution in [2.75, 3.05) is 26.9 Å². The van der Waals surface area contributed by atoms with E-state index in [1.165, 1.54) is 7.11 Å². The van der Waals surface area contributed by atoms with E-state index in [9.17, 15) is 9.90 Å². The van der Waals surface area contributed by atoms with E-state index in [0.717, 1.165) is 28.2 Å². The Bertz CT molecular complexity index is 1110. The van der Waals surface area contributed by atoms with Crippen LogP contribution < -0.4 is 9.47 Å². The molecule has 0 amide bonds. The van der Waals surface area contributed by atoms with Gasteiger partial charge >= 0.3 is 5.97 Å². The van der Waals surface area contributed by atoms with Crippen LogP contribution in [0.4, 0.5) is 0 Å². The molecule has 0 aliphatic carbocycles. The Morgan fingerprint density at radius 3 is 2.18 bits per heavy atom. The Balaban J connectivity index is 1.30. The second kappa shape index (κ2) is 10.9. The topological polar surface area (TPSA) is 86.6 Å². The fourth-order valence-corrected chi connectivity index (χ4v) is 3.82. The van der Waals surface area contributed by atoms with Crippen LogP contribution >= 0.6 is 0 Å². The summed E-state index contributed by atoms with van der Waals surface area (Å²) in [5.74, 6) is 0.621. The Kier molecular flexibility index (Phi) is 7.44. The number of ether oxygens (including phenoxy) is 3. The highest BCUT2D eigenvalue weighted by molar-refractivity contribution is 6.01. The third kappa shape index (κ3) is 5.74. The standard InChI is InChI=1S/C27H27NO6/c1-31-28-25(21-5-3-2-4-6-21)17-34-23-11-7-20(8-12-23)16-33-24-13-9-22(10-14-24)27(15-26(29)30)18-32-19-27/h2-14H,15-19H2,1H3,(H,29,30). The molecule has 0 unspecified atom stereocenters. The molecule has 34 heavy (non-hydrogen) atoms. The minimum Gasteiger partial charge on any atom is -0.489 e. The molecule has 3 aromatic carbocycles. The highest BCUT2D eigenvalue weighted by atomic mass is 16.6. The minimum atomic E-state index is -0.821. The number of carboxylic acids is 1. The SMILES string of the molecule is CON=C(COc1ccc(COc2ccc(C3(CC(=O)O)COC3)cc2)cc1)c1ccccc1. The van der Waals surface area contributed by atoms with Crippen LogP contribution in [-0.4, -0.2) is 43.7 Å². The molecule has 1 aliphatic heterocycles. The third-order valence-corrected chi connectivity index (χ3v) is 5.73. The summed E-state index contributed by atoms with van der Waals surface area (Å²) in [6.45, 7) is 1.55. The molecule has 1 fully saturated rings. The summed E-state index contributed by atoms with van der Waals surface area (Å²) >= 11 is 0. The first-order valence-electron chi connectivity index (χ1n) is 11.0. The molecule has 0 atom stereocenters. The third-order valence-electron chi connectivity index (χ3n) is 5.73. The lowest BCUT2D eigenvalue weighted by Gasteiger charge is -2.40. The largest absolute Gasteiger partial charge is 0.489 e. The lowest BCUT2D eigenvalue weighted by atomic mass is 9.76. The molecule has 1 aliphatic rings. The quantitative estimate of drug-likeness (QED) is 0.336. The van der Waals surface area contributed by atoms with Gasteiger partial charge in [-0.15, -0.1) is 0 Å². The maximum atomic E-state index is 11.2. The van der Waals surface area contributed by atoms with Crippen LogP contribution in [0, 0.1) is 0 Å². The zero-order chi connectivity index (χ0) is 23.8. The molecule has 1 saturated heterocycles. The van der Waals surface area contributed by atoms with Gasteiger partial charge in [-0.25, -0.2) is 0 Å². The average Bonchev–Trinajstić information content (AvgIpc) is 2.84. The van der Waals surface area contributed by atoms with E-state index in [0.29, 0.717) is 25.5 Å². The van der Waals surface area contributed by atoms with Gasteiger partial charge in [-0.3, -0.25) is 4.79 Å². The predicted molar refractivity (Wildman–Crippen MR) is 127 cm³/mol. The second-order valence-electron chi connectivity index (χ2n) is 8.18. The summed E-state index contributed by atoms with van der Waals surface area (Å²) in [5.41, 5.74) is 3.17. The van der Waals surface area contributed by atoms with Crippen molar-refractivity contribution in [3.05, 3.63) is 95.6 Å². The Labute approximate surface area is 198 Å². The summed E-state index contributed by atoms with van der Waals surface area (Å²) in [5, 5.41) is 13.3. The van der Waals surface area contributed by atoms with Crippen molar-refractivity contribution < 1.29 is 28.9 Å². The lowest BCUT2D eigenvalue weighted by Crippen LogP contribution is -2.48. The number of nitrogens with zero attached hydrogens (tertiary/aromatic N) is 1. The molecule has 4 rings (SSSR count). The van der Waals surface area contributed by atoms with Crippen LogP contribution in [0.25, 0.3) is 0 Å². The molecule has 0 aromatic heterocycles. The van der Waals surface area contributed by atoms with Crippen molar-refractivity contribution in [2.45, 2.75) is 18.4 Å². The maximum absolute atomic E-state index is 11.2. The molecule has 0 spiro atoms. The first-order chi connectivity index (χ1) is 16.6. The predicted octanol–water partition coefficient (Wildman–Crippen LogP) is 4.44. The first-order valence-corrected chi connectivity index (χ1v) is 11.0. The lowest BCUT2D eigenvalue weighted by molar-refractivity contribution is -0.145. The monoisotopic (exact) mass is 461 g/mol. The van der Waals surface area contributed by atoms with Gasteiger partial charge in [0.25, 0.3) is 0 Å². The van der Waals surface area contributed by atoms with Crippen molar-refractivity contribution in [2.24, 2.45) is 5.16 Å². The van der Waals surface area contributed by atoms with Gasteiger partial charge in [-0.05, 0) is 35.4 Å². The number of carboxylic acid groups (broad SMARTS) is 1. The van der Waals surface area contributed by atoms with E-state index >= 15 is 0 Å². The fourth-order valence-electron chi connectivity index (χ4n) is 3.82. The van der Waals surface area contributed by atoms with Crippen LogP contribution in [0.1, 0.15) is 23.1 Å². The Hall–Kier alpha value is -3.84. The van der Waals surface area contributed by atoms with Gasteiger partial charge in [0.1, 0.15) is 37.5 Å². The zero-order valence-corrected chi connectivity index (χ0v) is 19.0. The number of hydrogen-bond donors (Lipinski definition) is 1. The molecule has 7 nitrogen and oxygen atoms in total. The van der Waals surface area contributed by atoms with E-state index in [1.54, 1.807) is 0 Å². The normalized spacial score (nSPS) is 14.7. The molecule has 7 heteroatoms. The number of aliphatic carboxylic acids is 1. The van der Waals surface area contributed by atoms with Crippen LogP contribution in [0.15, 0.2) is 84.0 Å². The van der Waals surface area contributed by atoms with Gasteiger partial charge in [0.2, 0.25) is 0 Å². The molecule has 1 heterocycles. The molecule has 3 aromatic rings. The number of carbonyl (C=O) groups is 1. The smallest absolute Gasteiger partial charge is 0.304 e. The van der Waals surface area contributed by atoms with E-state index in [4.69, 9.17) is 19.0 Å². The maximum Gasteiger partial charge on any atom is 0.304 e. The highest BCUT2D eigenvalue weighted by Crippen LogP contribution is 2.36. The summed E-state index contributed by atoms with van der Waals surface area (Å²) in [6, 6.07) is 25.0. The molecule has 176 valence electrons. The van der Waals surface area contributed by atoms with Crippen molar-refractivity contribution in [1.82, 2.24) is 0 Å². The highest BCUT2D eigenvalue weighted by Gasteiger charge is 2.42. The van der Waals surface area contributed by atoms with E-state index in [-0.39, 0.29) is 13.0 Å². The molecule has 0 radical (unpaired) electrons. The zero-order valence-electron chi connectivity index (χ0n) is 19.0. The number of hydrogen-bond acceptors (Lipinski definition) is 6. The first kappa shape index (κ1) is 23.3. The van der Waals surface area contributed by atoms with Crippen LogP contribution in [-0.2, 0) is 26.4 Å². The van der Waals surface area contributed by atoms with Crippen molar-refractivity contribution in [1.29, 1.82) is 0 Å². The molecule has 1 N–H and O–H groups in total. The summed E-state index contributed by atoms with van der Waals surface area (Å²) in [7, 11) is 1.52. The molecular weight excluding hydrogens is 434 g/mol. The van der Waals surface area contributed by atoms with Gasteiger partial charge in [-0.2, -0.15) is 0 Å². The number of rotatable bonds is 11. The number of oxime groups is 1. The van der Waals surface area contributed by atoms with E-state index in [1.807, 2.05) is 78.9 Å². The van der Waals surface area contributed by atoms with Gasteiger partial charge < -0.3 is 24.2 Å². The number of benzene rings is 3. The van der Waals surface area contributed by atoms with Crippen molar-refractivity contribution >= 4 is 11.7 Å². The molecule has 0 saturated carbocycles. The fraction of sp³-hybridized carbons (Fsp3) is 0.259. The summed E-state index contributed by atoms with van der Waals surface area (Å²) < 4.78 is 17.1. The average molecular weight is 462 g/mol.